The number of carbonyl (C=O) groups is 2. The lowest BCUT2D eigenvalue weighted by molar-refractivity contribution is -0.139. The molecule has 4 nitrogen and oxygen atoms in total. The molecule has 0 aliphatic heterocycles. The Morgan fingerprint density at radius 3 is 2.32 bits per heavy atom. The maximum atomic E-state index is 13.4. The molecule has 0 radical (unpaired) electrons. The van der Waals surface area contributed by atoms with E-state index in [1.807, 2.05) is 30.3 Å². The third kappa shape index (κ3) is 4.15. The molecule has 0 aliphatic carbocycles. The fraction of sp³-hybridized carbons (Fsp3) is 0.176. The second kappa shape index (κ2) is 7.36. The third-order valence-electron chi connectivity index (χ3n) is 3.25. The summed E-state index contributed by atoms with van der Waals surface area (Å²) in [5, 5.41) is 5.01. The van der Waals surface area contributed by atoms with Crippen molar-refractivity contribution in [3.63, 3.8) is 0 Å². The molecule has 1 unspecified atom stereocenters. The molecule has 2 N–H and O–H groups in total. The Morgan fingerprint density at radius 2 is 1.64 bits per heavy atom. The van der Waals surface area contributed by atoms with Gasteiger partial charge in [-0.2, -0.15) is 0 Å². The highest BCUT2D eigenvalue weighted by atomic mass is 19.1. The maximum Gasteiger partial charge on any atom is 0.309 e. The van der Waals surface area contributed by atoms with Crippen LogP contribution in [0.15, 0.2) is 54.6 Å². The van der Waals surface area contributed by atoms with Crippen molar-refractivity contribution < 1.29 is 14.0 Å². The highest BCUT2D eigenvalue weighted by Gasteiger charge is 2.16. The highest BCUT2D eigenvalue weighted by molar-refractivity contribution is 6.35. The average molecular weight is 300 g/mol. The van der Waals surface area contributed by atoms with Gasteiger partial charge in [-0.15, -0.1) is 0 Å². The summed E-state index contributed by atoms with van der Waals surface area (Å²) < 4.78 is 13.4. The van der Waals surface area contributed by atoms with E-state index >= 15 is 0 Å². The number of carbonyl (C=O) groups excluding carboxylic acids is 2. The minimum atomic E-state index is -0.786. The molecule has 0 aromatic heterocycles. The summed E-state index contributed by atoms with van der Waals surface area (Å²) in [6, 6.07) is 15.1. The van der Waals surface area contributed by atoms with Crippen molar-refractivity contribution in [2.24, 2.45) is 0 Å². The Morgan fingerprint density at radius 1 is 1.00 bits per heavy atom. The quantitative estimate of drug-likeness (QED) is 0.851. The monoisotopic (exact) mass is 300 g/mol. The minimum Gasteiger partial charge on any atom is -0.344 e. The van der Waals surface area contributed by atoms with E-state index in [0.717, 1.165) is 5.56 Å². The van der Waals surface area contributed by atoms with Crippen LogP contribution in [0, 0.1) is 5.82 Å². The van der Waals surface area contributed by atoms with Gasteiger partial charge in [0.25, 0.3) is 0 Å². The Bertz CT molecular complexity index is 659. The molecule has 2 aromatic rings. The summed E-state index contributed by atoms with van der Waals surface area (Å²) in [6.45, 7) is 1.76. The molecule has 114 valence electrons. The van der Waals surface area contributed by atoms with Gasteiger partial charge in [-0.1, -0.05) is 48.5 Å². The Labute approximate surface area is 128 Å². The van der Waals surface area contributed by atoms with Crippen LogP contribution in [-0.2, 0) is 16.1 Å². The number of rotatable bonds is 4. The van der Waals surface area contributed by atoms with Gasteiger partial charge in [-0.25, -0.2) is 4.39 Å². The summed E-state index contributed by atoms with van der Waals surface area (Å²) >= 11 is 0. The molecule has 0 fully saturated rings. The van der Waals surface area contributed by atoms with Crippen LogP contribution in [0.25, 0.3) is 0 Å². The molecule has 2 amide bonds. The van der Waals surface area contributed by atoms with E-state index in [9.17, 15) is 14.0 Å². The number of hydrogen-bond donors (Lipinski definition) is 2. The third-order valence-corrected chi connectivity index (χ3v) is 3.25. The second-order valence-electron chi connectivity index (χ2n) is 4.88. The zero-order valence-corrected chi connectivity index (χ0v) is 12.2. The largest absolute Gasteiger partial charge is 0.344 e. The van der Waals surface area contributed by atoms with Crippen LogP contribution in [0.2, 0.25) is 0 Å². The summed E-state index contributed by atoms with van der Waals surface area (Å²) in [5.74, 6) is -1.94. The fourth-order valence-corrected chi connectivity index (χ4v) is 1.98. The lowest BCUT2D eigenvalue weighted by Crippen LogP contribution is -2.40. The van der Waals surface area contributed by atoms with Gasteiger partial charge >= 0.3 is 11.8 Å². The van der Waals surface area contributed by atoms with Crippen LogP contribution in [0.1, 0.15) is 24.1 Å². The van der Waals surface area contributed by atoms with Crippen LogP contribution < -0.4 is 10.6 Å². The van der Waals surface area contributed by atoms with Crippen LogP contribution in [0.5, 0.6) is 0 Å². The first-order chi connectivity index (χ1) is 10.6. The average Bonchev–Trinajstić information content (AvgIpc) is 2.54. The molecular weight excluding hydrogens is 283 g/mol. The summed E-state index contributed by atoms with van der Waals surface area (Å²) in [4.78, 5) is 23.6. The molecular formula is C17H17FN2O2. The molecule has 0 saturated carbocycles. The number of hydrogen-bond acceptors (Lipinski definition) is 2. The number of benzene rings is 2. The molecule has 1 atom stereocenters. The second-order valence-corrected chi connectivity index (χ2v) is 4.88. The highest BCUT2D eigenvalue weighted by Crippen LogP contribution is 2.10. The van der Waals surface area contributed by atoms with Gasteiger partial charge < -0.3 is 10.6 Å². The van der Waals surface area contributed by atoms with Crippen molar-refractivity contribution in [2.45, 2.75) is 19.5 Å². The van der Waals surface area contributed by atoms with Gasteiger partial charge in [0, 0.05) is 12.1 Å². The topological polar surface area (TPSA) is 58.2 Å². The van der Waals surface area contributed by atoms with Gasteiger partial charge in [-0.05, 0) is 18.6 Å². The lowest BCUT2D eigenvalue weighted by Gasteiger charge is -2.14. The van der Waals surface area contributed by atoms with Crippen LogP contribution in [0.3, 0.4) is 0 Å². The van der Waals surface area contributed by atoms with Gasteiger partial charge in [0.2, 0.25) is 0 Å². The number of nitrogens with one attached hydrogen (secondary N) is 2. The van der Waals surface area contributed by atoms with Crippen molar-refractivity contribution in [1.82, 2.24) is 10.6 Å². The van der Waals surface area contributed by atoms with E-state index in [1.165, 1.54) is 6.07 Å². The van der Waals surface area contributed by atoms with Crippen molar-refractivity contribution in [3.8, 4) is 0 Å². The van der Waals surface area contributed by atoms with Crippen LogP contribution >= 0.6 is 0 Å². The van der Waals surface area contributed by atoms with Gasteiger partial charge in [0.15, 0.2) is 0 Å². The molecule has 0 aliphatic rings. The van der Waals surface area contributed by atoms with Gasteiger partial charge in [0.1, 0.15) is 5.82 Å². The smallest absolute Gasteiger partial charge is 0.309 e. The predicted molar refractivity (Wildman–Crippen MR) is 81.2 cm³/mol. The van der Waals surface area contributed by atoms with Crippen LogP contribution in [-0.4, -0.2) is 11.8 Å². The first-order valence-electron chi connectivity index (χ1n) is 6.95. The first-order valence-corrected chi connectivity index (χ1v) is 6.95. The summed E-state index contributed by atoms with van der Waals surface area (Å²) in [5.41, 5.74) is 1.23. The first kappa shape index (κ1) is 15.7. The summed E-state index contributed by atoms with van der Waals surface area (Å²) in [7, 11) is 0. The Balaban J connectivity index is 1.87. The Kier molecular flexibility index (Phi) is 5.25. The van der Waals surface area contributed by atoms with E-state index in [2.05, 4.69) is 10.6 Å². The molecule has 2 rings (SSSR count). The minimum absolute atomic E-state index is 0.0291. The summed E-state index contributed by atoms with van der Waals surface area (Å²) in [6.07, 6.45) is 0. The zero-order valence-electron chi connectivity index (χ0n) is 12.2. The van der Waals surface area contributed by atoms with E-state index < -0.39 is 17.6 Å². The number of halogens is 1. The molecule has 5 heteroatoms. The number of amides is 2. The SMILES string of the molecule is CC(NC(=O)C(=O)NCc1ccccc1F)c1ccccc1. The molecule has 0 spiro atoms. The lowest BCUT2D eigenvalue weighted by atomic mass is 10.1. The molecule has 0 saturated heterocycles. The zero-order chi connectivity index (χ0) is 15.9. The molecule has 0 bridgehead atoms. The van der Waals surface area contributed by atoms with Gasteiger partial charge in [-0.3, -0.25) is 9.59 Å². The predicted octanol–water partition coefficient (Wildman–Crippen LogP) is 2.32. The van der Waals surface area contributed by atoms with E-state index in [1.54, 1.807) is 25.1 Å². The van der Waals surface area contributed by atoms with Crippen molar-refractivity contribution in [1.29, 1.82) is 0 Å². The van der Waals surface area contributed by atoms with E-state index in [-0.39, 0.29) is 12.6 Å². The molecule has 0 heterocycles. The van der Waals surface area contributed by atoms with E-state index in [4.69, 9.17) is 0 Å². The van der Waals surface area contributed by atoms with E-state index in [0.29, 0.717) is 5.56 Å². The standard InChI is InChI=1S/C17H17FN2O2/c1-12(13-7-3-2-4-8-13)20-17(22)16(21)19-11-14-9-5-6-10-15(14)18/h2-10,12H,11H2,1H3,(H,19,21)(H,20,22). The molecule has 22 heavy (non-hydrogen) atoms. The maximum absolute atomic E-state index is 13.4. The van der Waals surface area contributed by atoms with Gasteiger partial charge in [0.05, 0.1) is 6.04 Å². The molecule has 2 aromatic carbocycles. The normalized spacial score (nSPS) is 11.5. The fourth-order valence-electron chi connectivity index (χ4n) is 1.98. The van der Waals surface area contributed by atoms with Crippen LogP contribution in [0.4, 0.5) is 4.39 Å². The van der Waals surface area contributed by atoms with Crippen molar-refractivity contribution >= 4 is 11.8 Å². The van der Waals surface area contributed by atoms with Crippen molar-refractivity contribution in [3.05, 3.63) is 71.5 Å². The Hall–Kier alpha value is -2.69. The van der Waals surface area contributed by atoms with Crippen molar-refractivity contribution in [2.75, 3.05) is 0 Å².